The second kappa shape index (κ2) is 5.24. The van der Waals surface area contributed by atoms with Crippen molar-refractivity contribution in [2.24, 2.45) is 17.8 Å². The Balaban J connectivity index is 2.38. The van der Waals surface area contributed by atoms with Gasteiger partial charge in [-0.2, -0.15) is 0 Å². The van der Waals surface area contributed by atoms with Crippen LogP contribution in [0.15, 0.2) is 0 Å². The smallest absolute Gasteiger partial charge is 0.317 e. The van der Waals surface area contributed by atoms with Crippen LogP contribution in [0, 0.1) is 17.8 Å². The number of aliphatic hydroxyl groups excluding tert-OH is 1. The monoisotopic (exact) mass is 233 g/mol. The quantitative estimate of drug-likeness (QED) is 0.332. The van der Waals surface area contributed by atoms with Gasteiger partial charge < -0.3 is 25.7 Å². The van der Waals surface area contributed by atoms with Gasteiger partial charge in [0.25, 0.3) is 0 Å². The van der Waals surface area contributed by atoms with Crippen LogP contribution in [0.2, 0.25) is 0 Å². The molecule has 92 valence electrons. The predicted molar refractivity (Wildman–Crippen MR) is 51.5 cm³/mol. The van der Waals surface area contributed by atoms with Gasteiger partial charge in [-0.05, 0) is 12.3 Å². The van der Waals surface area contributed by atoms with Crippen LogP contribution in [0.3, 0.4) is 0 Å². The molecule has 0 bridgehead atoms. The summed E-state index contributed by atoms with van der Waals surface area (Å²) in [5.41, 5.74) is 0. The summed E-state index contributed by atoms with van der Waals surface area (Å²) in [6.07, 6.45) is -1.05. The molecule has 1 rings (SSSR count). The first-order valence-corrected chi connectivity index (χ1v) is 4.95. The van der Waals surface area contributed by atoms with Crippen molar-refractivity contribution < 1.29 is 30.0 Å². The van der Waals surface area contributed by atoms with Crippen LogP contribution in [-0.2, 0) is 9.59 Å². The first-order chi connectivity index (χ1) is 7.43. The third-order valence-corrected chi connectivity index (χ3v) is 2.75. The van der Waals surface area contributed by atoms with Crippen LogP contribution in [0.5, 0.6) is 0 Å². The van der Waals surface area contributed by atoms with Crippen LogP contribution < -0.4 is 5.32 Å². The van der Waals surface area contributed by atoms with Crippen LogP contribution in [0.4, 0.5) is 0 Å². The molecule has 5 N–H and O–H groups in total. The molecule has 0 heterocycles. The van der Waals surface area contributed by atoms with Crippen LogP contribution in [-0.4, -0.2) is 51.7 Å². The second-order valence-electron chi connectivity index (χ2n) is 3.95. The van der Waals surface area contributed by atoms with E-state index in [1.54, 1.807) is 0 Å². The number of nitrogens with one attached hydrogen (secondary N) is 1. The molecule has 3 unspecified atom stereocenters. The zero-order chi connectivity index (χ0) is 12.3. The Morgan fingerprint density at radius 2 is 1.88 bits per heavy atom. The Morgan fingerprint density at radius 3 is 2.25 bits per heavy atom. The van der Waals surface area contributed by atoms with Gasteiger partial charge in [0, 0.05) is 12.5 Å². The maximum absolute atomic E-state index is 10.9. The summed E-state index contributed by atoms with van der Waals surface area (Å²) in [5.74, 6) is -3.58. The topological polar surface area (TPSA) is 127 Å². The largest absolute Gasteiger partial charge is 0.481 e. The van der Waals surface area contributed by atoms with Crippen molar-refractivity contribution in [2.75, 3.05) is 13.1 Å². The SMILES string of the molecule is O=C(O)CNCC(C(=O)O)C1CC1C(O)O. The number of carbonyl (C=O) groups is 2. The number of carboxylic acids is 2. The summed E-state index contributed by atoms with van der Waals surface area (Å²) in [5, 5.41) is 37.5. The van der Waals surface area contributed by atoms with E-state index in [9.17, 15) is 9.59 Å². The van der Waals surface area contributed by atoms with Crippen LogP contribution in [0.1, 0.15) is 6.42 Å². The standard InChI is InChI=1S/C9H15NO6/c11-7(12)3-10-2-6(9(15)16)4-1-5(4)8(13)14/h4-6,8,10,13-14H,1-3H2,(H,11,12)(H,15,16). The van der Waals surface area contributed by atoms with E-state index in [1.807, 2.05) is 0 Å². The highest BCUT2D eigenvalue weighted by atomic mass is 16.5. The van der Waals surface area contributed by atoms with Gasteiger partial charge in [0.15, 0.2) is 6.29 Å². The van der Waals surface area contributed by atoms with Crippen molar-refractivity contribution in [3.63, 3.8) is 0 Å². The van der Waals surface area contributed by atoms with E-state index in [2.05, 4.69) is 5.32 Å². The minimum atomic E-state index is -1.49. The molecule has 0 amide bonds. The molecule has 3 atom stereocenters. The fourth-order valence-electron chi connectivity index (χ4n) is 1.80. The molecule has 7 nitrogen and oxygen atoms in total. The maximum atomic E-state index is 10.9. The Bertz CT molecular complexity index is 279. The van der Waals surface area contributed by atoms with Crippen molar-refractivity contribution in [3.05, 3.63) is 0 Å². The van der Waals surface area contributed by atoms with Gasteiger partial charge in [-0.1, -0.05) is 0 Å². The third-order valence-electron chi connectivity index (χ3n) is 2.75. The van der Waals surface area contributed by atoms with E-state index in [1.165, 1.54) is 0 Å². The van der Waals surface area contributed by atoms with Crippen molar-refractivity contribution in [1.29, 1.82) is 0 Å². The zero-order valence-electron chi connectivity index (χ0n) is 8.54. The first-order valence-electron chi connectivity index (χ1n) is 4.95. The maximum Gasteiger partial charge on any atom is 0.317 e. The average molecular weight is 233 g/mol. The molecule has 1 aliphatic carbocycles. The number of hydrogen-bond acceptors (Lipinski definition) is 5. The summed E-state index contributed by atoms with van der Waals surface area (Å²) in [4.78, 5) is 21.1. The molecule has 0 radical (unpaired) electrons. The molecule has 1 fully saturated rings. The lowest BCUT2D eigenvalue weighted by Crippen LogP contribution is -2.34. The Hall–Kier alpha value is -1.18. The summed E-state index contributed by atoms with van der Waals surface area (Å²) >= 11 is 0. The second-order valence-corrected chi connectivity index (χ2v) is 3.95. The molecule has 1 aliphatic rings. The van der Waals surface area contributed by atoms with Crippen molar-refractivity contribution in [1.82, 2.24) is 5.32 Å². The fraction of sp³-hybridized carbons (Fsp3) is 0.778. The molecule has 0 saturated heterocycles. The number of rotatable bonds is 7. The molecule has 0 aliphatic heterocycles. The fourth-order valence-corrected chi connectivity index (χ4v) is 1.80. The first kappa shape index (κ1) is 12.9. The van der Waals surface area contributed by atoms with Gasteiger partial charge in [-0.3, -0.25) is 9.59 Å². The molecule has 1 saturated carbocycles. The highest BCUT2D eigenvalue weighted by Crippen LogP contribution is 2.45. The van der Waals surface area contributed by atoms with Crippen molar-refractivity contribution >= 4 is 11.9 Å². The average Bonchev–Trinajstić information content (AvgIpc) is 2.90. The molecule has 7 heteroatoms. The zero-order valence-corrected chi connectivity index (χ0v) is 8.54. The normalized spacial score (nSPS) is 25.4. The van der Waals surface area contributed by atoms with Gasteiger partial charge >= 0.3 is 11.9 Å². The molecular formula is C9H15NO6. The summed E-state index contributed by atoms with van der Waals surface area (Å²) in [6.45, 7) is -0.279. The molecular weight excluding hydrogens is 218 g/mol. The van der Waals surface area contributed by atoms with Gasteiger partial charge in [0.1, 0.15) is 0 Å². The van der Waals surface area contributed by atoms with Crippen LogP contribution in [0.25, 0.3) is 0 Å². The lowest BCUT2D eigenvalue weighted by atomic mass is 10.0. The Labute approximate surface area is 91.7 Å². The third kappa shape index (κ3) is 3.44. The van der Waals surface area contributed by atoms with Gasteiger partial charge in [0.05, 0.1) is 12.5 Å². The van der Waals surface area contributed by atoms with E-state index >= 15 is 0 Å². The van der Waals surface area contributed by atoms with Crippen molar-refractivity contribution in [3.8, 4) is 0 Å². The van der Waals surface area contributed by atoms with E-state index in [4.69, 9.17) is 20.4 Å². The molecule has 0 aromatic rings. The van der Waals surface area contributed by atoms with Gasteiger partial charge in [-0.25, -0.2) is 0 Å². The summed E-state index contributed by atoms with van der Waals surface area (Å²) in [6, 6.07) is 0. The molecule has 16 heavy (non-hydrogen) atoms. The van der Waals surface area contributed by atoms with E-state index in [-0.39, 0.29) is 19.0 Å². The number of aliphatic carboxylic acids is 2. The highest BCUT2D eigenvalue weighted by molar-refractivity contribution is 5.72. The number of aliphatic hydroxyl groups is 2. The molecule has 0 aromatic heterocycles. The Morgan fingerprint density at radius 1 is 1.25 bits per heavy atom. The molecule has 0 spiro atoms. The minimum absolute atomic E-state index is 0.0233. The van der Waals surface area contributed by atoms with E-state index < -0.39 is 30.1 Å². The van der Waals surface area contributed by atoms with Gasteiger partial charge in [0.2, 0.25) is 0 Å². The summed E-state index contributed by atoms with van der Waals surface area (Å²) in [7, 11) is 0. The highest BCUT2D eigenvalue weighted by Gasteiger charge is 2.49. The number of hydrogen-bond donors (Lipinski definition) is 5. The van der Waals surface area contributed by atoms with E-state index in [0.29, 0.717) is 6.42 Å². The van der Waals surface area contributed by atoms with Crippen molar-refractivity contribution in [2.45, 2.75) is 12.7 Å². The van der Waals surface area contributed by atoms with Gasteiger partial charge in [-0.15, -0.1) is 0 Å². The minimum Gasteiger partial charge on any atom is -0.481 e. The van der Waals surface area contributed by atoms with Crippen LogP contribution >= 0.6 is 0 Å². The summed E-state index contributed by atoms with van der Waals surface area (Å²) < 4.78 is 0. The Kier molecular flexibility index (Phi) is 4.22. The lowest BCUT2D eigenvalue weighted by Gasteiger charge is -2.12. The lowest BCUT2D eigenvalue weighted by molar-refractivity contribution is -0.143. The number of carboxylic acid groups (broad SMARTS) is 2. The predicted octanol–water partition coefficient (Wildman–Crippen LogP) is -1.69. The molecule has 0 aromatic carbocycles. The van der Waals surface area contributed by atoms with E-state index in [0.717, 1.165) is 0 Å².